The lowest BCUT2D eigenvalue weighted by Gasteiger charge is -2.17. The zero-order valence-electron chi connectivity index (χ0n) is 21.0. The van der Waals surface area contributed by atoms with Crippen LogP contribution in [0.4, 0.5) is 0 Å². The molecule has 32 heavy (non-hydrogen) atoms. The summed E-state index contributed by atoms with van der Waals surface area (Å²) in [6, 6.07) is 0. The summed E-state index contributed by atoms with van der Waals surface area (Å²) in [7, 11) is 2.79. The Labute approximate surface area is 206 Å². The van der Waals surface area contributed by atoms with Gasteiger partial charge < -0.3 is 4.74 Å². The molecule has 0 saturated carbocycles. The Bertz CT molecular complexity index is 654. The van der Waals surface area contributed by atoms with Crippen molar-refractivity contribution in [3.63, 3.8) is 0 Å². The van der Waals surface area contributed by atoms with Crippen molar-refractivity contribution >= 4 is 21.0 Å². The van der Waals surface area contributed by atoms with Crippen LogP contribution in [-0.4, -0.2) is 18.6 Å². The Kier molecular flexibility index (Phi) is 20.8. The van der Waals surface area contributed by atoms with E-state index in [1.807, 2.05) is 23.9 Å². The second-order valence-corrected chi connectivity index (χ2v) is 9.80. The van der Waals surface area contributed by atoms with Gasteiger partial charge in [0.25, 0.3) is 0 Å². The lowest BCUT2D eigenvalue weighted by molar-refractivity contribution is 0.230. The van der Waals surface area contributed by atoms with Crippen molar-refractivity contribution in [2.45, 2.75) is 65.7 Å². The highest BCUT2D eigenvalue weighted by Gasteiger charge is 2.09. The van der Waals surface area contributed by atoms with E-state index < -0.39 is 0 Å². The van der Waals surface area contributed by atoms with E-state index in [1.165, 1.54) is 29.5 Å². The van der Waals surface area contributed by atoms with Crippen molar-refractivity contribution in [3.05, 3.63) is 84.5 Å². The lowest BCUT2D eigenvalue weighted by Crippen LogP contribution is -2.03. The molecule has 0 aromatic heterocycles. The molecule has 0 spiro atoms. The van der Waals surface area contributed by atoms with E-state index >= 15 is 0 Å². The maximum atomic E-state index is 6.12. The first-order chi connectivity index (χ1) is 15.5. The van der Waals surface area contributed by atoms with E-state index in [9.17, 15) is 0 Å². The third-order valence-corrected chi connectivity index (χ3v) is 6.53. The standard InChI is InChI=1S/C29H47OPS/c1-7-10-12-13-15-18-27(22-24-32-6)19-16-17-25(4)26(5)29(9-3)30-23-21-28(31)20-14-11-8-2/h7-8,11,14-16,18-19,21,25,27H,1-2,9-10,12-13,17,20,22-24,31H2,3-6H3/b14-11-,18-15-,19-16-,28-21-,29-26-. The normalized spacial score (nSPS) is 15.3. The first-order valence-electron chi connectivity index (χ1n) is 12.0. The first kappa shape index (κ1) is 30.8. The largest absolute Gasteiger partial charge is 0.494 e. The van der Waals surface area contributed by atoms with Crippen LogP contribution in [0.25, 0.3) is 0 Å². The molecule has 0 aliphatic rings. The summed E-state index contributed by atoms with van der Waals surface area (Å²) >= 11 is 1.92. The Morgan fingerprint density at radius 1 is 1.12 bits per heavy atom. The fourth-order valence-corrected chi connectivity index (χ4v) is 3.94. The van der Waals surface area contributed by atoms with Crippen molar-refractivity contribution in [2.24, 2.45) is 11.8 Å². The maximum Gasteiger partial charge on any atom is 0.106 e. The van der Waals surface area contributed by atoms with Gasteiger partial charge in [-0.2, -0.15) is 11.8 Å². The summed E-state index contributed by atoms with van der Waals surface area (Å²) in [5.41, 5.74) is 1.36. The molecule has 0 fully saturated rings. The summed E-state index contributed by atoms with van der Waals surface area (Å²) in [6.45, 7) is 14.8. The van der Waals surface area contributed by atoms with E-state index in [4.69, 9.17) is 4.74 Å². The van der Waals surface area contributed by atoms with Gasteiger partial charge in [0.1, 0.15) is 6.61 Å². The summed E-state index contributed by atoms with van der Waals surface area (Å²) in [6.07, 6.45) is 29.2. The summed E-state index contributed by atoms with van der Waals surface area (Å²) in [4.78, 5) is 0. The molecule has 0 heterocycles. The third-order valence-electron chi connectivity index (χ3n) is 5.42. The van der Waals surface area contributed by atoms with Crippen LogP contribution in [0.2, 0.25) is 0 Å². The van der Waals surface area contributed by atoms with E-state index in [2.05, 4.69) is 85.9 Å². The van der Waals surface area contributed by atoms with Crippen molar-refractivity contribution in [1.29, 1.82) is 0 Å². The molecule has 0 aliphatic heterocycles. The molecule has 0 aromatic carbocycles. The first-order valence-corrected chi connectivity index (χ1v) is 13.9. The second kappa shape index (κ2) is 21.6. The topological polar surface area (TPSA) is 9.23 Å². The monoisotopic (exact) mass is 474 g/mol. The fraction of sp³-hybridized carbons (Fsp3) is 0.517. The van der Waals surface area contributed by atoms with Crippen molar-refractivity contribution < 1.29 is 4.74 Å². The minimum absolute atomic E-state index is 0.481. The van der Waals surface area contributed by atoms with Gasteiger partial charge in [-0.15, -0.1) is 15.8 Å². The van der Waals surface area contributed by atoms with Gasteiger partial charge in [-0.3, -0.25) is 0 Å². The summed E-state index contributed by atoms with van der Waals surface area (Å²) in [5, 5.41) is 1.24. The molecule has 0 rings (SSSR count). The number of hydrogen-bond donors (Lipinski definition) is 0. The van der Waals surface area contributed by atoms with Crippen LogP contribution in [0.15, 0.2) is 84.5 Å². The van der Waals surface area contributed by atoms with Crippen LogP contribution in [0.3, 0.4) is 0 Å². The van der Waals surface area contributed by atoms with Crippen LogP contribution in [0.5, 0.6) is 0 Å². The van der Waals surface area contributed by atoms with E-state index in [1.54, 1.807) is 6.08 Å². The smallest absolute Gasteiger partial charge is 0.106 e. The molecule has 0 N–H and O–H groups in total. The van der Waals surface area contributed by atoms with Gasteiger partial charge in [-0.25, -0.2) is 0 Å². The van der Waals surface area contributed by atoms with Crippen LogP contribution in [-0.2, 0) is 4.74 Å². The minimum Gasteiger partial charge on any atom is -0.494 e. The molecular formula is C29H47OPS. The molecule has 0 amide bonds. The van der Waals surface area contributed by atoms with E-state index in [-0.39, 0.29) is 0 Å². The summed E-state index contributed by atoms with van der Waals surface area (Å²) in [5.74, 6) is 3.34. The molecule has 0 bridgehead atoms. The maximum absolute atomic E-state index is 6.12. The molecular weight excluding hydrogens is 427 g/mol. The van der Waals surface area contributed by atoms with Crippen LogP contribution >= 0.6 is 21.0 Å². The SMILES string of the molecule is C=C/C=C\C/C(P)=C/CO/C(CC)=C(/C)C(C)C/C=C\C(/C=C\CCCC=C)CCSC. The van der Waals surface area contributed by atoms with Crippen LogP contribution < -0.4 is 0 Å². The lowest BCUT2D eigenvalue weighted by atomic mass is 9.95. The molecule has 0 aliphatic carbocycles. The van der Waals surface area contributed by atoms with Crippen molar-refractivity contribution in [3.8, 4) is 0 Å². The predicted octanol–water partition coefficient (Wildman–Crippen LogP) is 9.44. The molecule has 3 atom stereocenters. The van der Waals surface area contributed by atoms with Gasteiger partial charge in [0.15, 0.2) is 0 Å². The van der Waals surface area contributed by atoms with Gasteiger partial charge >= 0.3 is 0 Å². The number of unbranched alkanes of at least 4 members (excludes halogenated alkanes) is 2. The highest BCUT2D eigenvalue weighted by atomic mass is 32.2. The Hall–Kier alpha value is -1.24. The zero-order chi connectivity index (χ0) is 24.0. The number of thioether (sulfide) groups is 1. The second-order valence-electron chi connectivity index (χ2n) is 8.08. The van der Waals surface area contributed by atoms with Crippen molar-refractivity contribution in [1.82, 2.24) is 0 Å². The average Bonchev–Trinajstić information content (AvgIpc) is 2.79. The zero-order valence-corrected chi connectivity index (χ0v) is 23.0. The molecule has 3 heteroatoms. The number of hydrogen-bond acceptors (Lipinski definition) is 2. The van der Waals surface area contributed by atoms with Gasteiger partial charge in [0.2, 0.25) is 0 Å². The number of ether oxygens (including phenoxy) is 1. The van der Waals surface area contributed by atoms with E-state index in [0.29, 0.717) is 18.4 Å². The molecule has 0 saturated heterocycles. The van der Waals surface area contributed by atoms with Crippen molar-refractivity contribution in [2.75, 3.05) is 18.6 Å². The van der Waals surface area contributed by atoms with Gasteiger partial charge in [0.05, 0.1) is 5.76 Å². The Morgan fingerprint density at radius 3 is 2.53 bits per heavy atom. The fourth-order valence-electron chi connectivity index (χ4n) is 3.20. The number of rotatable bonds is 19. The number of allylic oxidation sites excluding steroid dienone is 11. The molecule has 1 nitrogen and oxygen atoms in total. The van der Waals surface area contributed by atoms with Gasteiger partial charge in [0, 0.05) is 6.42 Å². The van der Waals surface area contributed by atoms with Gasteiger partial charge in [-0.1, -0.05) is 69.0 Å². The van der Waals surface area contributed by atoms with Gasteiger partial charge in [-0.05, 0) is 86.3 Å². The highest BCUT2D eigenvalue weighted by molar-refractivity contribution is 7.98. The van der Waals surface area contributed by atoms with Crippen LogP contribution in [0, 0.1) is 11.8 Å². The average molecular weight is 475 g/mol. The van der Waals surface area contributed by atoms with E-state index in [0.717, 1.165) is 37.9 Å². The highest BCUT2D eigenvalue weighted by Crippen LogP contribution is 2.23. The molecule has 0 radical (unpaired) electrons. The quantitative estimate of drug-likeness (QED) is 0.0606. The summed E-state index contributed by atoms with van der Waals surface area (Å²) < 4.78 is 6.12. The predicted molar refractivity (Wildman–Crippen MR) is 153 cm³/mol. The Balaban J connectivity index is 4.82. The minimum atomic E-state index is 0.481. The molecule has 180 valence electrons. The Morgan fingerprint density at radius 2 is 1.88 bits per heavy atom. The van der Waals surface area contributed by atoms with Crippen LogP contribution in [0.1, 0.15) is 65.7 Å². The third kappa shape index (κ3) is 16.4. The molecule has 3 unspecified atom stereocenters. The molecule has 0 aromatic rings.